The number of aromatic nitrogens is 2. The molecule has 3 aromatic rings. The number of nitrogens with zero attached hydrogens (tertiary/aromatic N) is 1. The summed E-state index contributed by atoms with van der Waals surface area (Å²) in [7, 11) is 0. The van der Waals surface area contributed by atoms with Gasteiger partial charge in [-0.2, -0.15) is 13.2 Å². The van der Waals surface area contributed by atoms with Gasteiger partial charge in [0.05, 0.1) is 5.56 Å². The Hall–Kier alpha value is -2.56. The number of alkyl halides is 3. The Bertz CT molecular complexity index is 744. The molecule has 1 heterocycles. The van der Waals surface area contributed by atoms with E-state index >= 15 is 0 Å². The Morgan fingerprint density at radius 1 is 0.909 bits per heavy atom. The molecule has 0 spiro atoms. The van der Waals surface area contributed by atoms with Crippen molar-refractivity contribution in [2.24, 2.45) is 0 Å². The molecular formula is C17H13F3N2. The molecular weight excluding hydrogens is 289 g/mol. The fourth-order valence-corrected chi connectivity index (χ4v) is 2.23. The molecule has 2 aromatic carbocycles. The van der Waals surface area contributed by atoms with Crippen molar-refractivity contribution in [2.45, 2.75) is 12.6 Å². The molecule has 0 saturated carbocycles. The summed E-state index contributed by atoms with van der Waals surface area (Å²) in [6.45, 7) is 0. The lowest BCUT2D eigenvalue weighted by Crippen LogP contribution is -2.04. The fourth-order valence-electron chi connectivity index (χ4n) is 2.23. The second-order valence-electron chi connectivity index (χ2n) is 4.99. The quantitative estimate of drug-likeness (QED) is 0.747. The van der Waals surface area contributed by atoms with Gasteiger partial charge in [0.25, 0.3) is 0 Å². The van der Waals surface area contributed by atoms with Crippen molar-refractivity contribution in [3.05, 3.63) is 77.6 Å². The molecule has 5 heteroatoms. The SMILES string of the molecule is FC(F)(F)c1ccc(-c2ncc(Cc3ccccc3)[nH]2)cc1. The van der Waals surface area contributed by atoms with Crippen LogP contribution in [0.1, 0.15) is 16.8 Å². The van der Waals surface area contributed by atoms with Crippen LogP contribution in [0.25, 0.3) is 11.4 Å². The second kappa shape index (κ2) is 5.67. The number of benzene rings is 2. The van der Waals surface area contributed by atoms with Crippen LogP contribution in [0.2, 0.25) is 0 Å². The highest BCUT2D eigenvalue weighted by Gasteiger charge is 2.30. The molecule has 0 unspecified atom stereocenters. The Labute approximate surface area is 125 Å². The summed E-state index contributed by atoms with van der Waals surface area (Å²) < 4.78 is 37.6. The minimum absolute atomic E-state index is 0.569. The van der Waals surface area contributed by atoms with Crippen molar-refractivity contribution < 1.29 is 13.2 Å². The van der Waals surface area contributed by atoms with E-state index in [1.165, 1.54) is 12.1 Å². The molecule has 0 aliphatic heterocycles. The zero-order valence-electron chi connectivity index (χ0n) is 11.6. The van der Waals surface area contributed by atoms with Crippen LogP contribution in [0, 0.1) is 0 Å². The van der Waals surface area contributed by atoms with Crippen LogP contribution in [0.4, 0.5) is 13.2 Å². The van der Waals surface area contributed by atoms with Crippen LogP contribution in [0.15, 0.2) is 60.8 Å². The summed E-state index contributed by atoms with van der Waals surface area (Å²) in [4.78, 5) is 7.38. The first-order valence-corrected chi connectivity index (χ1v) is 6.78. The minimum Gasteiger partial charge on any atom is -0.342 e. The highest BCUT2D eigenvalue weighted by atomic mass is 19.4. The Balaban J connectivity index is 1.79. The van der Waals surface area contributed by atoms with E-state index in [1.807, 2.05) is 30.3 Å². The third-order valence-electron chi connectivity index (χ3n) is 3.35. The van der Waals surface area contributed by atoms with E-state index in [1.54, 1.807) is 6.20 Å². The lowest BCUT2D eigenvalue weighted by molar-refractivity contribution is -0.137. The molecule has 0 saturated heterocycles. The van der Waals surface area contributed by atoms with Crippen molar-refractivity contribution in [2.75, 3.05) is 0 Å². The Morgan fingerprint density at radius 3 is 2.23 bits per heavy atom. The zero-order valence-corrected chi connectivity index (χ0v) is 11.6. The third-order valence-corrected chi connectivity index (χ3v) is 3.35. The second-order valence-corrected chi connectivity index (χ2v) is 4.99. The zero-order chi connectivity index (χ0) is 15.6. The molecule has 1 N–H and O–H groups in total. The van der Waals surface area contributed by atoms with Crippen LogP contribution in [0.5, 0.6) is 0 Å². The van der Waals surface area contributed by atoms with Crippen molar-refractivity contribution >= 4 is 0 Å². The molecule has 22 heavy (non-hydrogen) atoms. The molecule has 3 rings (SSSR count). The average Bonchev–Trinajstić information content (AvgIpc) is 2.96. The standard InChI is InChI=1S/C17H13F3N2/c18-17(19,20)14-8-6-13(7-9-14)16-21-11-15(22-16)10-12-4-2-1-3-5-12/h1-9,11H,10H2,(H,21,22). The Morgan fingerprint density at radius 2 is 1.59 bits per heavy atom. The lowest BCUT2D eigenvalue weighted by Gasteiger charge is -2.06. The molecule has 1 aromatic heterocycles. The number of halogens is 3. The maximum Gasteiger partial charge on any atom is 0.416 e. The van der Waals surface area contributed by atoms with Crippen molar-refractivity contribution in [3.63, 3.8) is 0 Å². The molecule has 0 amide bonds. The molecule has 0 atom stereocenters. The number of hydrogen-bond acceptors (Lipinski definition) is 1. The fraction of sp³-hybridized carbons (Fsp3) is 0.118. The van der Waals surface area contributed by atoms with Crippen LogP contribution < -0.4 is 0 Å². The van der Waals surface area contributed by atoms with E-state index in [9.17, 15) is 13.2 Å². The summed E-state index contributed by atoms with van der Waals surface area (Å²) in [5.74, 6) is 0.569. The highest BCUT2D eigenvalue weighted by Crippen LogP contribution is 2.30. The van der Waals surface area contributed by atoms with Gasteiger partial charge in [-0.3, -0.25) is 0 Å². The third kappa shape index (κ3) is 3.19. The van der Waals surface area contributed by atoms with Gasteiger partial charge in [-0.1, -0.05) is 42.5 Å². The van der Waals surface area contributed by atoms with Crippen molar-refractivity contribution in [1.29, 1.82) is 0 Å². The van der Waals surface area contributed by atoms with Crippen molar-refractivity contribution in [3.8, 4) is 11.4 Å². The number of hydrogen-bond donors (Lipinski definition) is 1. The number of H-pyrrole nitrogens is 1. The van der Waals surface area contributed by atoms with Gasteiger partial charge in [0.2, 0.25) is 0 Å². The highest BCUT2D eigenvalue weighted by molar-refractivity contribution is 5.56. The Kier molecular flexibility index (Phi) is 3.71. The van der Waals surface area contributed by atoms with E-state index in [0.717, 1.165) is 23.4 Å². The first-order chi connectivity index (χ1) is 10.5. The first kappa shape index (κ1) is 14.4. The van der Waals surface area contributed by atoms with Gasteiger partial charge in [-0.05, 0) is 17.7 Å². The molecule has 0 aliphatic rings. The summed E-state index contributed by atoms with van der Waals surface area (Å²) in [5, 5.41) is 0. The van der Waals surface area contributed by atoms with Gasteiger partial charge in [-0.25, -0.2) is 4.98 Å². The smallest absolute Gasteiger partial charge is 0.342 e. The topological polar surface area (TPSA) is 28.7 Å². The van der Waals surface area contributed by atoms with E-state index in [0.29, 0.717) is 17.8 Å². The summed E-state index contributed by atoms with van der Waals surface area (Å²) in [5.41, 5.74) is 2.03. The number of aromatic amines is 1. The van der Waals surface area contributed by atoms with Gasteiger partial charge >= 0.3 is 6.18 Å². The van der Waals surface area contributed by atoms with Crippen molar-refractivity contribution in [1.82, 2.24) is 9.97 Å². The molecule has 0 fully saturated rings. The van der Waals surface area contributed by atoms with Crippen LogP contribution in [-0.2, 0) is 12.6 Å². The largest absolute Gasteiger partial charge is 0.416 e. The predicted molar refractivity (Wildman–Crippen MR) is 78.3 cm³/mol. The van der Waals surface area contributed by atoms with Gasteiger partial charge in [0.15, 0.2) is 0 Å². The molecule has 0 bridgehead atoms. The minimum atomic E-state index is -4.32. The van der Waals surface area contributed by atoms with E-state index in [2.05, 4.69) is 9.97 Å². The average molecular weight is 302 g/mol. The molecule has 2 nitrogen and oxygen atoms in total. The number of nitrogens with one attached hydrogen (secondary N) is 1. The maximum atomic E-state index is 12.5. The van der Waals surface area contributed by atoms with Crippen LogP contribution in [-0.4, -0.2) is 9.97 Å². The molecule has 0 radical (unpaired) electrons. The van der Waals surface area contributed by atoms with E-state index < -0.39 is 11.7 Å². The maximum absolute atomic E-state index is 12.5. The van der Waals surface area contributed by atoms with Crippen LogP contribution in [0.3, 0.4) is 0 Å². The normalized spacial score (nSPS) is 11.6. The molecule has 0 aliphatic carbocycles. The van der Waals surface area contributed by atoms with Crippen LogP contribution >= 0.6 is 0 Å². The van der Waals surface area contributed by atoms with Gasteiger partial charge in [0.1, 0.15) is 5.82 Å². The van der Waals surface area contributed by atoms with E-state index in [-0.39, 0.29) is 0 Å². The number of rotatable bonds is 3. The summed E-state index contributed by atoms with van der Waals surface area (Å²) in [6.07, 6.45) is -1.91. The number of imidazole rings is 1. The van der Waals surface area contributed by atoms with Gasteiger partial charge in [0, 0.05) is 23.9 Å². The monoisotopic (exact) mass is 302 g/mol. The van der Waals surface area contributed by atoms with Gasteiger partial charge in [-0.15, -0.1) is 0 Å². The van der Waals surface area contributed by atoms with E-state index in [4.69, 9.17) is 0 Å². The summed E-state index contributed by atoms with van der Waals surface area (Å²) in [6, 6.07) is 14.9. The molecule has 112 valence electrons. The first-order valence-electron chi connectivity index (χ1n) is 6.78. The van der Waals surface area contributed by atoms with Gasteiger partial charge < -0.3 is 4.98 Å². The lowest BCUT2D eigenvalue weighted by atomic mass is 10.1. The predicted octanol–water partition coefficient (Wildman–Crippen LogP) is 4.69. The summed E-state index contributed by atoms with van der Waals surface area (Å²) >= 11 is 0.